The smallest absolute Gasteiger partial charge is 0.259 e. The van der Waals surface area contributed by atoms with E-state index in [1.165, 1.54) is 0 Å². The number of carbonyl (C=O) groups is 1. The summed E-state index contributed by atoms with van der Waals surface area (Å²) in [6.07, 6.45) is 0. The topological polar surface area (TPSA) is 101 Å². The summed E-state index contributed by atoms with van der Waals surface area (Å²) in [4.78, 5) is 12.4. The van der Waals surface area contributed by atoms with Crippen molar-refractivity contribution in [2.24, 2.45) is 10.9 Å². The molecule has 0 radical (unpaired) electrons. The summed E-state index contributed by atoms with van der Waals surface area (Å²) < 4.78 is 5.45. The Labute approximate surface area is 122 Å². The molecular formula is C15H17N3O3. The van der Waals surface area contributed by atoms with Crippen LogP contribution in [0.1, 0.15) is 33.0 Å². The Kier molecular flexibility index (Phi) is 3.98. The molecule has 1 amide bonds. The van der Waals surface area contributed by atoms with Gasteiger partial charge in [0.2, 0.25) is 0 Å². The molecule has 6 nitrogen and oxygen atoms in total. The average molecular weight is 287 g/mol. The molecule has 1 heterocycles. The van der Waals surface area contributed by atoms with Crippen LogP contribution < -0.4 is 11.1 Å². The second-order valence-electron chi connectivity index (χ2n) is 4.70. The number of oxime groups is 1. The summed E-state index contributed by atoms with van der Waals surface area (Å²) in [7, 11) is 0. The van der Waals surface area contributed by atoms with Crippen LogP contribution in [0.5, 0.6) is 0 Å². The molecule has 0 aliphatic carbocycles. The van der Waals surface area contributed by atoms with Crippen LogP contribution in [-0.4, -0.2) is 17.0 Å². The van der Waals surface area contributed by atoms with E-state index >= 15 is 0 Å². The van der Waals surface area contributed by atoms with Crippen molar-refractivity contribution in [2.45, 2.75) is 20.8 Å². The molecule has 0 bridgehead atoms. The Morgan fingerprint density at radius 2 is 1.90 bits per heavy atom. The second-order valence-corrected chi connectivity index (χ2v) is 4.70. The molecule has 0 unspecified atom stereocenters. The summed E-state index contributed by atoms with van der Waals surface area (Å²) in [5, 5.41) is 14.5. The zero-order chi connectivity index (χ0) is 15.6. The first kappa shape index (κ1) is 14.6. The third-order valence-electron chi connectivity index (χ3n) is 3.35. The number of nitrogens with zero attached hydrogens (tertiary/aromatic N) is 1. The quantitative estimate of drug-likeness (QED) is 0.349. The molecule has 0 spiro atoms. The van der Waals surface area contributed by atoms with Gasteiger partial charge in [-0.1, -0.05) is 17.3 Å². The Morgan fingerprint density at radius 1 is 1.24 bits per heavy atom. The first-order valence-electron chi connectivity index (χ1n) is 6.40. The van der Waals surface area contributed by atoms with E-state index in [1.54, 1.807) is 31.2 Å². The minimum atomic E-state index is -0.292. The number of furan rings is 1. The highest BCUT2D eigenvalue weighted by Gasteiger charge is 2.19. The van der Waals surface area contributed by atoms with Gasteiger partial charge in [0.15, 0.2) is 5.84 Å². The van der Waals surface area contributed by atoms with Gasteiger partial charge in [-0.15, -0.1) is 0 Å². The number of nitrogens with two attached hydrogens (primary N) is 1. The van der Waals surface area contributed by atoms with E-state index < -0.39 is 0 Å². The summed E-state index contributed by atoms with van der Waals surface area (Å²) in [5.41, 5.74) is 7.82. The molecule has 0 aliphatic heterocycles. The molecule has 2 aromatic rings. The van der Waals surface area contributed by atoms with Crippen LogP contribution in [0.15, 0.2) is 33.8 Å². The van der Waals surface area contributed by atoms with Gasteiger partial charge in [-0.05, 0) is 32.9 Å². The van der Waals surface area contributed by atoms with Crippen LogP contribution in [0, 0.1) is 20.8 Å². The molecule has 1 aromatic heterocycles. The van der Waals surface area contributed by atoms with E-state index in [9.17, 15) is 4.79 Å². The molecule has 0 aliphatic rings. The lowest BCUT2D eigenvalue weighted by atomic mass is 10.1. The van der Waals surface area contributed by atoms with Crippen LogP contribution in [0.4, 0.5) is 5.69 Å². The van der Waals surface area contributed by atoms with E-state index in [2.05, 4.69) is 10.5 Å². The van der Waals surface area contributed by atoms with Gasteiger partial charge in [-0.25, -0.2) is 0 Å². The van der Waals surface area contributed by atoms with Gasteiger partial charge in [-0.2, -0.15) is 0 Å². The average Bonchev–Trinajstić information content (AvgIpc) is 2.71. The Hall–Kier alpha value is -2.76. The maximum atomic E-state index is 12.4. The van der Waals surface area contributed by atoms with Gasteiger partial charge in [0, 0.05) is 11.1 Å². The minimum absolute atomic E-state index is 0.0669. The van der Waals surface area contributed by atoms with Crippen molar-refractivity contribution in [1.82, 2.24) is 0 Å². The largest absolute Gasteiger partial charge is 0.466 e. The van der Waals surface area contributed by atoms with Gasteiger partial charge in [-0.3, -0.25) is 4.79 Å². The van der Waals surface area contributed by atoms with Crippen molar-refractivity contribution in [3.05, 3.63) is 52.5 Å². The molecule has 21 heavy (non-hydrogen) atoms. The van der Waals surface area contributed by atoms with Crippen molar-refractivity contribution in [3.8, 4) is 0 Å². The van der Waals surface area contributed by atoms with Crippen LogP contribution in [0.25, 0.3) is 0 Å². The van der Waals surface area contributed by atoms with Crippen molar-refractivity contribution in [3.63, 3.8) is 0 Å². The number of rotatable bonds is 3. The maximum absolute atomic E-state index is 12.4. The fourth-order valence-corrected chi connectivity index (χ4v) is 2.18. The number of hydrogen-bond donors (Lipinski definition) is 3. The number of para-hydroxylation sites is 1. The lowest BCUT2D eigenvalue weighted by molar-refractivity contribution is 0.102. The third kappa shape index (κ3) is 2.74. The third-order valence-corrected chi connectivity index (χ3v) is 3.35. The van der Waals surface area contributed by atoms with Gasteiger partial charge >= 0.3 is 0 Å². The highest BCUT2D eigenvalue weighted by molar-refractivity contribution is 6.10. The zero-order valence-corrected chi connectivity index (χ0v) is 12.1. The summed E-state index contributed by atoms with van der Waals surface area (Å²) in [6, 6.07) is 6.83. The van der Waals surface area contributed by atoms with Crippen molar-refractivity contribution in [2.75, 3.05) is 5.32 Å². The van der Waals surface area contributed by atoms with Crippen molar-refractivity contribution in [1.29, 1.82) is 0 Å². The SMILES string of the molecule is Cc1oc(C)c(C(=O)Nc2ccccc2C(N)=NO)c1C. The lowest BCUT2D eigenvalue weighted by Gasteiger charge is -2.10. The number of amides is 1. The van der Waals surface area contributed by atoms with Crippen LogP contribution >= 0.6 is 0 Å². The maximum Gasteiger partial charge on any atom is 0.259 e. The Balaban J connectivity index is 2.37. The number of nitrogens with one attached hydrogen (secondary N) is 1. The number of hydrogen-bond acceptors (Lipinski definition) is 4. The zero-order valence-electron chi connectivity index (χ0n) is 12.1. The monoisotopic (exact) mass is 287 g/mol. The molecule has 4 N–H and O–H groups in total. The van der Waals surface area contributed by atoms with E-state index in [4.69, 9.17) is 15.4 Å². The predicted molar refractivity (Wildman–Crippen MR) is 79.8 cm³/mol. The summed E-state index contributed by atoms with van der Waals surface area (Å²) in [5.74, 6) is 0.911. The van der Waals surface area contributed by atoms with Gasteiger partial charge in [0.05, 0.1) is 11.3 Å². The predicted octanol–water partition coefficient (Wildman–Crippen LogP) is 2.55. The number of amidine groups is 1. The molecule has 110 valence electrons. The molecule has 2 rings (SSSR count). The summed E-state index contributed by atoms with van der Waals surface area (Å²) in [6.45, 7) is 5.38. The highest BCUT2D eigenvalue weighted by Crippen LogP contribution is 2.23. The van der Waals surface area contributed by atoms with Crippen molar-refractivity contribution >= 4 is 17.4 Å². The Bertz CT molecular complexity index is 717. The van der Waals surface area contributed by atoms with Crippen LogP contribution in [-0.2, 0) is 0 Å². The molecular weight excluding hydrogens is 270 g/mol. The van der Waals surface area contributed by atoms with E-state index in [1.807, 2.05) is 13.8 Å². The van der Waals surface area contributed by atoms with Crippen LogP contribution in [0.2, 0.25) is 0 Å². The fraction of sp³-hybridized carbons (Fsp3) is 0.200. The van der Waals surface area contributed by atoms with Gasteiger partial charge in [0.1, 0.15) is 11.5 Å². The number of aryl methyl sites for hydroxylation is 2. The molecule has 0 saturated heterocycles. The first-order valence-corrected chi connectivity index (χ1v) is 6.40. The van der Waals surface area contributed by atoms with E-state index in [0.29, 0.717) is 28.3 Å². The normalized spacial score (nSPS) is 11.5. The minimum Gasteiger partial charge on any atom is -0.466 e. The van der Waals surface area contributed by atoms with Crippen molar-refractivity contribution < 1.29 is 14.4 Å². The number of carbonyl (C=O) groups excluding carboxylic acids is 1. The highest BCUT2D eigenvalue weighted by atomic mass is 16.4. The second kappa shape index (κ2) is 5.70. The number of anilines is 1. The van der Waals surface area contributed by atoms with Gasteiger partial charge in [0.25, 0.3) is 5.91 Å². The molecule has 0 atom stereocenters. The van der Waals surface area contributed by atoms with Crippen LogP contribution in [0.3, 0.4) is 0 Å². The molecule has 6 heteroatoms. The molecule has 1 aromatic carbocycles. The molecule has 0 fully saturated rings. The fourth-order valence-electron chi connectivity index (χ4n) is 2.18. The van der Waals surface area contributed by atoms with Gasteiger partial charge < -0.3 is 20.7 Å². The molecule has 0 saturated carbocycles. The standard InChI is InChI=1S/C15H17N3O3/c1-8-9(2)21-10(3)13(8)15(19)17-12-7-5-4-6-11(12)14(16)18-20/h4-7,20H,1-3H3,(H2,16,18)(H,17,19). The van der Waals surface area contributed by atoms with E-state index in [0.717, 1.165) is 5.56 Å². The summed E-state index contributed by atoms with van der Waals surface area (Å²) >= 11 is 0. The van der Waals surface area contributed by atoms with E-state index in [-0.39, 0.29) is 11.7 Å². The number of benzene rings is 1. The lowest BCUT2D eigenvalue weighted by Crippen LogP contribution is -2.19. The Morgan fingerprint density at radius 3 is 2.48 bits per heavy atom. The first-order chi connectivity index (χ1) is 9.95.